The molecule has 1 aromatic rings. The highest BCUT2D eigenvalue weighted by molar-refractivity contribution is 5.66. The zero-order valence-corrected chi connectivity index (χ0v) is 8.58. The van der Waals surface area contributed by atoms with Crippen molar-refractivity contribution in [1.82, 2.24) is 0 Å². The number of benzene rings is 1. The number of hydrogen-bond acceptors (Lipinski definition) is 2. The molecule has 1 N–H and O–H groups in total. The first-order valence-corrected chi connectivity index (χ1v) is 4.38. The van der Waals surface area contributed by atoms with E-state index in [0.717, 1.165) is 12.1 Å². The lowest BCUT2D eigenvalue weighted by molar-refractivity contribution is -0.137. The molecule has 0 unspecified atom stereocenters. The molecule has 0 amide bonds. The molecule has 0 atom stereocenters. The van der Waals surface area contributed by atoms with E-state index in [-0.39, 0.29) is 18.8 Å². The van der Waals surface area contributed by atoms with Gasteiger partial charge in [-0.2, -0.15) is 0 Å². The van der Waals surface area contributed by atoms with E-state index in [1.807, 2.05) is 0 Å². The van der Waals surface area contributed by atoms with Crippen LogP contribution >= 0.6 is 0 Å². The van der Waals surface area contributed by atoms with Crippen LogP contribution < -0.4 is 4.74 Å². The molecule has 0 heterocycles. The van der Waals surface area contributed by atoms with E-state index < -0.39 is 17.6 Å². The van der Waals surface area contributed by atoms with Gasteiger partial charge in [0.15, 0.2) is 0 Å². The van der Waals surface area contributed by atoms with Crippen molar-refractivity contribution in [3.05, 3.63) is 43.0 Å². The Kier molecular flexibility index (Phi) is 6.51. The minimum absolute atomic E-state index is 0.0104. The van der Waals surface area contributed by atoms with Gasteiger partial charge in [-0.25, -0.2) is 8.78 Å². The van der Waals surface area contributed by atoms with Crippen LogP contribution in [0.1, 0.15) is 6.42 Å². The largest absolute Gasteiger partial charge is 0.493 e. The summed E-state index contributed by atoms with van der Waals surface area (Å²) in [4.78, 5) is 10.1. The Morgan fingerprint density at radius 2 is 1.75 bits per heavy atom. The molecular weight excluding hydrogens is 218 g/mol. The molecule has 3 nitrogen and oxygen atoms in total. The number of carboxylic acids is 1. The van der Waals surface area contributed by atoms with Gasteiger partial charge in [-0.1, -0.05) is 0 Å². The van der Waals surface area contributed by atoms with E-state index in [0.29, 0.717) is 6.07 Å². The van der Waals surface area contributed by atoms with Crippen LogP contribution in [-0.4, -0.2) is 17.7 Å². The van der Waals surface area contributed by atoms with E-state index in [2.05, 4.69) is 13.2 Å². The van der Waals surface area contributed by atoms with E-state index in [9.17, 15) is 13.6 Å². The molecule has 0 aliphatic rings. The average molecular weight is 230 g/mol. The summed E-state index contributed by atoms with van der Waals surface area (Å²) < 4.78 is 30.0. The number of rotatable bonds is 4. The maximum absolute atomic E-state index is 12.6. The molecule has 5 heteroatoms. The quantitative estimate of drug-likeness (QED) is 0.809. The lowest BCUT2D eigenvalue weighted by Gasteiger charge is -2.04. The molecule has 1 rings (SSSR count). The van der Waals surface area contributed by atoms with Crippen LogP contribution in [0.2, 0.25) is 0 Å². The zero-order valence-electron chi connectivity index (χ0n) is 8.58. The Morgan fingerprint density at radius 1 is 1.25 bits per heavy atom. The van der Waals surface area contributed by atoms with Crippen LogP contribution in [0.4, 0.5) is 8.78 Å². The number of carboxylic acid groups (broad SMARTS) is 1. The van der Waals surface area contributed by atoms with Crippen molar-refractivity contribution in [3.63, 3.8) is 0 Å². The Hall–Kier alpha value is -1.91. The van der Waals surface area contributed by atoms with Gasteiger partial charge in [-0.05, 0) is 0 Å². The fourth-order valence-corrected chi connectivity index (χ4v) is 0.868. The highest BCUT2D eigenvalue weighted by Gasteiger charge is 2.02. The number of carbonyl (C=O) groups is 1. The van der Waals surface area contributed by atoms with Crippen molar-refractivity contribution in [2.75, 3.05) is 6.61 Å². The summed E-state index contributed by atoms with van der Waals surface area (Å²) in [5.41, 5.74) is 0. The topological polar surface area (TPSA) is 46.5 Å². The molecule has 0 radical (unpaired) electrons. The normalized spacial score (nSPS) is 8.88. The van der Waals surface area contributed by atoms with Crippen LogP contribution in [0, 0.1) is 11.6 Å². The molecule has 0 aromatic heterocycles. The lowest BCUT2D eigenvalue weighted by atomic mass is 10.3. The minimum atomic E-state index is -1.03. The molecule has 0 aliphatic heterocycles. The first kappa shape index (κ1) is 14.1. The SMILES string of the molecule is C=C.O=C(O)CCOc1cc(F)cc(F)c1. The minimum Gasteiger partial charge on any atom is -0.493 e. The first-order chi connectivity index (χ1) is 7.58. The number of aliphatic carboxylic acids is 1. The standard InChI is InChI=1S/C9H8F2O3.C2H4/c10-6-3-7(11)5-8(4-6)14-2-1-9(12)13;1-2/h3-5H,1-2H2,(H,12,13);1-2H2. The molecule has 16 heavy (non-hydrogen) atoms. The second-order valence-electron chi connectivity index (χ2n) is 2.60. The van der Waals surface area contributed by atoms with Crippen LogP contribution in [0.3, 0.4) is 0 Å². The smallest absolute Gasteiger partial charge is 0.306 e. The molecule has 0 fully saturated rings. The Morgan fingerprint density at radius 3 is 2.19 bits per heavy atom. The third-order valence-electron chi connectivity index (χ3n) is 1.42. The Balaban J connectivity index is 0.00000106. The molecular formula is C11H12F2O3. The molecule has 0 saturated heterocycles. The van der Waals surface area contributed by atoms with E-state index in [1.54, 1.807) is 0 Å². The maximum Gasteiger partial charge on any atom is 0.306 e. The predicted octanol–water partition coefficient (Wildman–Crippen LogP) is 2.62. The Labute approximate surface area is 92.0 Å². The number of halogens is 2. The lowest BCUT2D eigenvalue weighted by Crippen LogP contribution is -2.05. The molecule has 0 bridgehead atoms. The van der Waals surface area contributed by atoms with Crippen molar-refractivity contribution in [1.29, 1.82) is 0 Å². The van der Waals surface area contributed by atoms with Crippen LogP contribution in [0.15, 0.2) is 31.4 Å². The van der Waals surface area contributed by atoms with Gasteiger partial charge in [0.2, 0.25) is 0 Å². The van der Waals surface area contributed by atoms with E-state index in [4.69, 9.17) is 9.84 Å². The van der Waals surface area contributed by atoms with Crippen LogP contribution in [0.25, 0.3) is 0 Å². The predicted molar refractivity (Wildman–Crippen MR) is 55.4 cm³/mol. The summed E-state index contributed by atoms with van der Waals surface area (Å²) in [6.45, 7) is 5.89. The third-order valence-corrected chi connectivity index (χ3v) is 1.42. The number of hydrogen-bond donors (Lipinski definition) is 1. The third kappa shape index (κ3) is 5.74. The fraction of sp³-hybridized carbons (Fsp3) is 0.182. The maximum atomic E-state index is 12.6. The van der Waals surface area contributed by atoms with Crippen LogP contribution in [-0.2, 0) is 4.79 Å². The second kappa shape index (κ2) is 7.39. The molecule has 1 aromatic carbocycles. The van der Waals surface area contributed by atoms with Gasteiger partial charge < -0.3 is 9.84 Å². The van der Waals surface area contributed by atoms with Gasteiger partial charge in [0.1, 0.15) is 17.4 Å². The van der Waals surface area contributed by atoms with Crippen molar-refractivity contribution in [2.24, 2.45) is 0 Å². The molecule has 0 saturated carbocycles. The van der Waals surface area contributed by atoms with Gasteiger partial charge in [-0.15, -0.1) is 13.2 Å². The van der Waals surface area contributed by atoms with Crippen LogP contribution in [0.5, 0.6) is 5.75 Å². The average Bonchev–Trinajstić information content (AvgIpc) is 2.18. The highest BCUT2D eigenvalue weighted by Crippen LogP contribution is 2.15. The highest BCUT2D eigenvalue weighted by atomic mass is 19.1. The van der Waals surface area contributed by atoms with Gasteiger partial charge in [0.25, 0.3) is 0 Å². The zero-order chi connectivity index (χ0) is 12.6. The summed E-state index contributed by atoms with van der Waals surface area (Å²) in [6, 6.07) is 2.69. The Bertz CT molecular complexity index is 333. The fourth-order valence-electron chi connectivity index (χ4n) is 0.868. The first-order valence-electron chi connectivity index (χ1n) is 4.38. The summed E-state index contributed by atoms with van der Waals surface area (Å²) in [6.07, 6.45) is -0.210. The van der Waals surface area contributed by atoms with Gasteiger partial charge in [0.05, 0.1) is 13.0 Å². The summed E-state index contributed by atoms with van der Waals surface area (Å²) in [7, 11) is 0. The van der Waals surface area contributed by atoms with Gasteiger partial charge >= 0.3 is 5.97 Å². The monoisotopic (exact) mass is 230 g/mol. The molecule has 88 valence electrons. The molecule has 0 spiro atoms. The number of ether oxygens (including phenoxy) is 1. The van der Waals surface area contributed by atoms with Crippen molar-refractivity contribution in [2.45, 2.75) is 6.42 Å². The van der Waals surface area contributed by atoms with Gasteiger partial charge in [0, 0.05) is 18.2 Å². The van der Waals surface area contributed by atoms with Gasteiger partial charge in [-0.3, -0.25) is 4.79 Å². The summed E-state index contributed by atoms with van der Waals surface area (Å²) >= 11 is 0. The van der Waals surface area contributed by atoms with Crippen molar-refractivity contribution < 1.29 is 23.4 Å². The van der Waals surface area contributed by atoms with Crippen molar-refractivity contribution in [3.8, 4) is 5.75 Å². The van der Waals surface area contributed by atoms with E-state index in [1.165, 1.54) is 0 Å². The van der Waals surface area contributed by atoms with Crippen molar-refractivity contribution >= 4 is 5.97 Å². The summed E-state index contributed by atoms with van der Waals surface area (Å²) in [5, 5.41) is 8.27. The van der Waals surface area contributed by atoms with E-state index >= 15 is 0 Å². The second-order valence-corrected chi connectivity index (χ2v) is 2.60. The molecule has 0 aliphatic carbocycles. The summed E-state index contributed by atoms with van der Waals surface area (Å²) in [5.74, 6) is -2.55.